The molecule has 1 unspecified atom stereocenters. The molecule has 1 aliphatic rings. The van der Waals surface area contributed by atoms with Gasteiger partial charge in [0, 0.05) is 56.5 Å². The highest BCUT2D eigenvalue weighted by molar-refractivity contribution is 5.33. The van der Waals surface area contributed by atoms with Gasteiger partial charge in [0.2, 0.25) is 0 Å². The van der Waals surface area contributed by atoms with Crippen molar-refractivity contribution in [3.63, 3.8) is 0 Å². The van der Waals surface area contributed by atoms with Crippen LogP contribution in [-0.2, 0) is 13.1 Å². The molecule has 28 heavy (non-hydrogen) atoms. The van der Waals surface area contributed by atoms with Crippen LogP contribution in [0, 0.1) is 5.82 Å². The van der Waals surface area contributed by atoms with Crippen LogP contribution in [0.2, 0.25) is 0 Å². The van der Waals surface area contributed by atoms with Crippen molar-refractivity contribution in [2.75, 3.05) is 32.8 Å². The summed E-state index contributed by atoms with van der Waals surface area (Å²) < 4.78 is 19.8. The summed E-state index contributed by atoms with van der Waals surface area (Å²) >= 11 is 0. The van der Waals surface area contributed by atoms with E-state index in [-0.39, 0.29) is 18.5 Å². The van der Waals surface area contributed by atoms with Gasteiger partial charge in [-0.15, -0.1) is 0 Å². The van der Waals surface area contributed by atoms with Gasteiger partial charge in [0.15, 0.2) is 0 Å². The van der Waals surface area contributed by atoms with E-state index in [1.807, 2.05) is 30.3 Å². The van der Waals surface area contributed by atoms with Gasteiger partial charge in [-0.1, -0.05) is 49.1 Å². The first kappa shape index (κ1) is 20.5. The number of aliphatic hydroxyl groups is 1. The lowest BCUT2D eigenvalue weighted by Gasteiger charge is -2.41. The van der Waals surface area contributed by atoms with E-state index in [0.717, 1.165) is 37.5 Å². The van der Waals surface area contributed by atoms with Crippen molar-refractivity contribution in [3.8, 4) is 5.75 Å². The number of aliphatic hydroxyl groups excluding tert-OH is 1. The fraction of sp³-hybridized carbons (Fsp3) is 0.391. The third-order valence-corrected chi connectivity index (χ3v) is 5.21. The average Bonchev–Trinajstić information content (AvgIpc) is 2.71. The van der Waals surface area contributed by atoms with Crippen LogP contribution >= 0.6 is 0 Å². The van der Waals surface area contributed by atoms with Crippen LogP contribution in [-0.4, -0.2) is 53.8 Å². The SMILES string of the molecule is C=CCOc1ccccc1CN1CCN(Cc2ccccc2F)C(CCO)C1. The summed E-state index contributed by atoms with van der Waals surface area (Å²) in [4.78, 5) is 4.67. The third kappa shape index (κ3) is 5.41. The number of nitrogens with zero attached hydrogens (tertiary/aromatic N) is 2. The van der Waals surface area contributed by atoms with E-state index in [2.05, 4.69) is 22.4 Å². The highest BCUT2D eigenvalue weighted by Gasteiger charge is 2.27. The first-order valence-electron chi connectivity index (χ1n) is 9.83. The van der Waals surface area contributed by atoms with E-state index >= 15 is 0 Å². The molecule has 0 aromatic heterocycles. The Hall–Kier alpha value is -2.21. The second-order valence-electron chi connectivity index (χ2n) is 7.17. The Morgan fingerprint density at radius 1 is 1.07 bits per heavy atom. The monoisotopic (exact) mass is 384 g/mol. The molecule has 2 aromatic carbocycles. The van der Waals surface area contributed by atoms with Crippen LogP contribution < -0.4 is 4.74 Å². The van der Waals surface area contributed by atoms with Crippen molar-refractivity contribution in [2.24, 2.45) is 0 Å². The molecule has 0 saturated carbocycles. The van der Waals surface area contributed by atoms with Crippen molar-refractivity contribution >= 4 is 0 Å². The van der Waals surface area contributed by atoms with Crippen molar-refractivity contribution in [2.45, 2.75) is 25.6 Å². The normalized spacial score (nSPS) is 18.1. The lowest BCUT2D eigenvalue weighted by molar-refractivity contribution is 0.0489. The number of para-hydroxylation sites is 1. The van der Waals surface area contributed by atoms with Gasteiger partial charge in [0.25, 0.3) is 0 Å². The van der Waals surface area contributed by atoms with Crippen LogP contribution in [0.15, 0.2) is 61.2 Å². The van der Waals surface area contributed by atoms with E-state index < -0.39 is 0 Å². The van der Waals surface area contributed by atoms with Crippen LogP contribution in [0.4, 0.5) is 4.39 Å². The second-order valence-corrected chi connectivity index (χ2v) is 7.17. The molecule has 1 saturated heterocycles. The number of hydrogen-bond donors (Lipinski definition) is 1. The average molecular weight is 384 g/mol. The first-order chi connectivity index (χ1) is 13.7. The molecule has 5 heteroatoms. The molecule has 1 heterocycles. The molecule has 0 spiro atoms. The lowest BCUT2D eigenvalue weighted by atomic mass is 10.1. The fourth-order valence-electron chi connectivity index (χ4n) is 3.74. The minimum absolute atomic E-state index is 0.130. The van der Waals surface area contributed by atoms with Gasteiger partial charge in [0.1, 0.15) is 18.2 Å². The number of ether oxygens (including phenoxy) is 1. The molecule has 0 aliphatic carbocycles. The maximum atomic E-state index is 14.1. The minimum atomic E-state index is -0.166. The predicted molar refractivity (Wildman–Crippen MR) is 110 cm³/mol. The molecule has 4 nitrogen and oxygen atoms in total. The fourth-order valence-corrected chi connectivity index (χ4v) is 3.74. The minimum Gasteiger partial charge on any atom is -0.489 e. The number of rotatable bonds is 9. The molecular formula is C23H29FN2O2. The molecule has 0 bridgehead atoms. The molecule has 0 radical (unpaired) electrons. The summed E-state index contributed by atoms with van der Waals surface area (Å²) in [7, 11) is 0. The Balaban J connectivity index is 1.66. The predicted octanol–water partition coefficient (Wildman–Crippen LogP) is 3.46. The first-order valence-corrected chi connectivity index (χ1v) is 9.83. The molecule has 3 rings (SSSR count). The van der Waals surface area contributed by atoms with Gasteiger partial charge >= 0.3 is 0 Å². The smallest absolute Gasteiger partial charge is 0.127 e. The largest absolute Gasteiger partial charge is 0.489 e. The number of piperazine rings is 1. The summed E-state index contributed by atoms with van der Waals surface area (Å²) in [6, 6.07) is 15.2. The highest BCUT2D eigenvalue weighted by Crippen LogP contribution is 2.23. The second kappa shape index (κ2) is 10.4. The van der Waals surface area contributed by atoms with Crippen molar-refractivity contribution in [3.05, 3.63) is 78.1 Å². The molecular weight excluding hydrogens is 355 g/mol. The topological polar surface area (TPSA) is 35.9 Å². The van der Waals surface area contributed by atoms with Gasteiger partial charge < -0.3 is 9.84 Å². The number of hydrogen-bond acceptors (Lipinski definition) is 4. The summed E-state index contributed by atoms with van der Waals surface area (Å²) in [6.45, 7) is 8.27. The van der Waals surface area contributed by atoms with E-state index in [0.29, 0.717) is 25.1 Å². The Kier molecular flexibility index (Phi) is 7.60. The Labute approximate surface area is 166 Å². The van der Waals surface area contributed by atoms with Crippen LogP contribution in [0.1, 0.15) is 17.5 Å². The summed E-state index contributed by atoms with van der Waals surface area (Å²) in [5, 5.41) is 9.53. The van der Waals surface area contributed by atoms with E-state index in [9.17, 15) is 9.50 Å². The zero-order chi connectivity index (χ0) is 19.8. The van der Waals surface area contributed by atoms with Crippen molar-refractivity contribution in [1.82, 2.24) is 9.80 Å². The van der Waals surface area contributed by atoms with Gasteiger partial charge in [-0.3, -0.25) is 9.80 Å². The quantitative estimate of drug-likeness (QED) is 0.672. The van der Waals surface area contributed by atoms with Crippen LogP contribution in [0.5, 0.6) is 5.75 Å². The van der Waals surface area contributed by atoms with Crippen molar-refractivity contribution in [1.29, 1.82) is 0 Å². The molecule has 0 amide bonds. The Morgan fingerprint density at radius 3 is 2.57 bits per heavy atom. The Bertz CT molecular complexity index is 768. The van der Waals surface area contributed by atoms with E-state index in [4.69, 9.17) is 4.74 Å². The molecule has 1 fully saturated rings. The summed E-state index contributed by atoms with van der Waals surface area (Å²) in [5.41, 5.74) is 1.86. The molecule has 1 atom stereocenters. The van der Waals surface area contributed by atoms with Gasteiger partial charge in [0.05, 0.1) is 0 Å². The highest BCUT2D eigenvalue weighted by atomic mass is 19.1. The van der Waals surface area contributed by atoms with Crippen LogP contribution in [0.25, 0.3) is 0 Å². The van der Waals surface area contributed by atoms with Crippen molar-refractivity contribution < 1.29 is 14.2 Å². The Morgan fingerprint density at radius 2 is 1.82 bits per heavy atom. The number of halogens is 1. The van der Waals surface area contributed by atoms with Crippen LogP contribution in [0.3, 0.4) is 0 Å². The van der Waals surface area contributed by atoms with Gasteiger partial charge in [-0.25, -0.2) is 4.39 Å². The number of benzene rings is 2. The lowest BCUT2D eigenvalue weighted by Crippen LogP contribution is -2.52. The molecule has 2 aromatic rings. The molecule has 150 valence electrons. The van der Waals surface area contributed by atoms with Gasteiger partial charge in [-0.05, 0) is 18.6 Å². The maximum Gasteiger partial charge on any atom is 0.127 e. The summed E-state index contributed by atoms with van der Waals surface area (Å²) in [5.74, 6) is 0.718. The maximum absolute atomic E-state index is 14.1. The standard InChI is InChI=1S/C23H29FN2O2/c1-2-15-28-23-10-6-4-8-20(23)16-25-12-13-26(21(18-25)11-14-27)17-19-7-3-5-9-22(19)24/h2-10,21,27H,1,11-18H2. The molecule has 1 N–H and O–H groups in total. The molecule has 1 aliphatic heterocycles. The third-order valence-electron chi connectivity index (χ3n) is 5.21. The van der Waals surface area contributed by atoms with E-state index in [1.165, 1.54) is 6.07 Å². The van der Waals surface area contributed by atoms with Gasteiger partial charge in [-0.2, -0.15) is 0 Å². The zero-order valence-corrected chi connectivity index (χ0v) is 16.3. The zero-order valence-electron chi connectivity index (χ0n) is 16.3. The van der Waals surface area contributed by atoms with E-state index in [1.54, 1.807) is 12.1 Å². The summed E-state index contributed by atoms with van der Waals surface area (Å²) in [6.07, 6.45) is 2.43.